The predicted molar refractivity (Wildman–Crippen MR) is 48.5 cm³/mol. The SMILES string of the molecule is CCOC(=O)NOC(=O)CC[C@H](N)C(=O)[O-].[Na+]. The first kappa shape index (κ1) is 18.5. The summed E-state index contributed by atoms with van der Waals surface area (Å²) >= 11 is 0. The quantitative estimate of drug-likeness (QED) is 0.372. The Hall–Kier alpha value is -0.830. The number of carboxylic acids is 1. The van der Waals surface area contributed by atoms with Gasteiger partial charge in [0, 0.05) is 12.5 Å². The number of ether oxygens (including phenoxy) is 1. The maximum absolute atomic E-state index is 10.9. The van der Waals surface area contributed by atoms with Crippen LogP contribution < -0.4 is 45.9 Å². The Morgan fingerprint density at radius 1 is 1.41 bits per heavy atom. The molecule has 92 valence electrons. The van der Waals surface area contributed by atoms with E-state index in [2.05, 4.69) is 9.57 Å². The number of carboxylic acid groups (broad SMARTS) is 1. The zero-order chi connectivity index (χ0) is 12.6. The van der Waals surface area contributed by atoms with Crippen LogP contribution in [0.1, 0.15) is 19.8 Å². The summed E-state index contributed by atoms with van der Waals surface area (Å²) in [5.74, 6) is -2.27. The average Bonchev–Trinajstić information content (AvgIpc) is 2.23. The summed E-state index contributed by atoms with van der Waals surface area (Å²) in [7, 11) is 0. The van der Waals surface area contributed by atoms with Gasteiger partial charge in [0.1, 0.15) is 0 Å². The van der Waals surface area contributed by atoms with Gasteiger partial charge in [0.25, 0.3) is 0 Å². The van der Waals surface area contributed by atoms with E-state index in [4.69, 9.17) is 5.73 Å². The van der Waals surface area contributed by atoms with Gasteiger partial charge in [-0.25, -0.2) is 9.59 Å². The average molecular weight is 256 g/mol. The third-order valence-corrected chi connectivity index (χ3v) is 1.49. The predicted octanol–water partition coefficient (Wildman–Crippen LogP) is -4.95. The first-order valence-corrected chi connectivity index (χ1v) is 4.56. The number of hydroxylamine groups is 1. The van der Waals surface area contributed by atoms with Crippen molar-refractivity contribution in [1.29, 1.82) is 0 Å². The molecule has 0 rings (SSSR count). The van der Waals surface area contributed by atoms with E-state index in [1.165, 1.54) is 0 Å². The van der Waals surface area contributed by atoms with Gasteiger partial charge in [-0.3, -0.25) is 0 Å². The number of nitrogens with two attached hydrogens (primary N) is 1. The van der Waals surface area contributed by atoms with Gasteiger partial charge >= 0.3 is 41.6 Å². The number of carbonyl (C=O) groups excluding carboxylic acids is 3. The van der Waals surface area contributed by atoms with Crippen molar-refractivity contribution in [3.05, 3.63) is 0 Å². The molecule has 8 nitrogen and oxygen atoms in total. The normalized spacial score (nSPS) is 10.7. The first-order chi connectivity index (χ1) is 7.47. The summed E-state index contributed by atoms with van der Waals surface area (Å²) in [6.07, 6.45) is -1.28. The van der Waals surface area contributed by atoms with Crippen molar-refractivity contribution >= 4 is 18.0 Å². The summed E-state index contributed by atoms with van der Waals surface area (Å²) < 4.78 is 4.40. The molecule has 0 aliphatic carbocycles. The van der Waals surface area contributed by atoms with Gasteiger partial charge in [0.2, 0.25) is 0 Å². The molecule has 0 saturated heterocycles. The van der Waals surface area contributed by atoms with Gasteiger partial charge in [0.05, 0.1) is 12.6 Å². The van der Waals surface area contributed by atoms with Crippen LogP contribution in [0.3, 0.4) is 0 Å². The van der Waals surface area contributed by atoms with Crippen molar-refractivity contribution in [3.63, 3.8) is 0 Å². The molecule has 0 heterocycles. The molecule has 0 bridgehead atoms. The van der Waals surface area contributed by atoms with Crippen LogP contribution in [0.2, 0.25) is 0 Å². The summed E-state index contributed by atoms with van der Waals surface area (Å²) in [4.78, 5) is 36.0. The molecule has 0 aromatic rings. The van der Waals surface area contributed by atoms with Crippen LogP contribution >= 0.6 is 0 Å². The molecule has 9 heteroatoms. The molecule has 0 fully saturated rings. The molecule has 0 radical (unpaired) electrons. The fraction of sp³-hybridized carbons (Fsp3) is 0.625. The molecule has 0 aromatic carbocycles. The third kappa shape index (κ3) is 10.1. The number of amides is 1. The Kier molecular flexibility index (Phi) is 11.3. The number of aliphatic carboxylic acids is 1. The van der Waals surface area contributed by atoms with Crippen molar-refractivity contribution in [3.8, 4) is 0 Å². The molecule has 0 spiro atoms. The van der Waals surface area contributed by atoms with E-state index in [-0.39, 0.29) is 49.0 Å². The van der Waals surface area contributed by atoms with Crippen LogP contribution in [-0.4, -0.2) is 30.7 Å². The number of hydrogen-bond donors (Lipinski definition) is 2. The van der Waals surface area contributed by atoms with Crippen LogP contribution in [0.5, 0.6) is 0 Å². The fourth-order valence-electron chi connectivity index (χ4n) is 0.701. The zero-order valence-electron chi connectivity index (χ0n) is 9.73. The van der Waals surface area contributed by atoms with Crippen LogP contribution in [0.4, 0.5) is 4.79 Å². The minimum absolute atomic E-state index is 0. The molecular weight excluding hydrogens is 243 g/mol. The number of rotatable bonds is 5. The Balaban J connectivity index is 0. The molecule has 0 aliphatic heterocycles. The Morgan fingerprint density at radius 3 is 2.47 bits per heavy atom. The Morgan fingerprint density at radius 2 is 2.00 bits per heavy atom. The maximum Gasteiger partial charge on any atom is 1.00 e. The number of nitrogens with one attached hydrogen (secondary N) is 1. The summed E-state index contributed by atoms with van der Waals surface area (Å²) in [5, 5.41) is 10.2. The van der Waals surface area contributed by atoms with Crippen molar-refractivity contribution < 1.29 is 58.6 Å². The second kappa shape index (κ2) is 10.3. The van der Waals surface area contributed by atoms with Gasteiger partial charge in [0.15, 0.2) is 0 Å². The topological polar surface area (TPSA) is 131 Å². The first-order valence-electron chi connectivity index (χ1n) is 4.56. The standard InChI is InChI=1S/C8H14N2O6.Na/c1-2-15-8(14)10-16-6(11)4-3-5(9)7(12)13;/h5H,2-4,9H2,1H3,(H,10,14)(H,12,13);/q;+1/p-1/t5-;/m0./s1. The molecule has 3 N–H and O–H groups in total. The van der Waals surface area contributed by atoms with Gasteiger partial charge in [-0.2, -0.15) is 0 Å². The molecule has 0 aliphatic rings. The van der Waals surface area contributed by atoms with Crippen molar-refractivity contribution in [2.45, 2.75) is 25.8 Å². The van der Waals surface area contributed by atoms with E-state index in [9.17, 15) is 19.5 Å². The fourth-order valence-corrected chi connectivity index (χ4v) is 0.701. The van der Waals surface area contributed by atoms with E-state index in [1.807, 2.05) is 0 Å². The molecule has 1 amide bonds. The maximum atomic E-state index is 10.9. The molecule has 1 atom stereocenters. The minimum atomic E-state index is -1.45. The zero-order valence-corrected chi connectivity index (χ0v) is 11.7. The molecule has 0 aromatic heterocycles. The number of carbonyl (C=O) groups is 3. The van der Waals surface area contributed by atoms with E-state index in [1.54, 1.807) is 12.4 Å². The smallest absolute Gasteiger partial charge is 0.548 e. The third-order valence-electron chi connectivity index (χ3n) is 1.49. The molecular formula is C8H13N2NaO6. The van der Waals surface area contributed by atoms with Gasteiger partial charge in [-0.15, -0.1) is 5.48 Å². The van der Waals surface area contributed by atoms with E-state index < -0.39 is 24.1 Å². The molecule has 0 saturated carbocycles. The van der Waals surface area contributed by atoms with E-state index in [0.29, 0.717) is 0 Å². The van der Waals surface area contributed by atoms with Crippen molar-refractivity contribution in [1.82, 2.24) is 5.48 Å². The van der Waals surface area contributed by atoms with Crippen LogP contribution in [0.25, 0.3) is 0 Å². The summed E-state index contributed by atoms with van der Waals surface area (Å²) in [6, 6.07) is -1.24. The monoisotopic (exact) mass is 256 g/mol. The second-order valence-corrected chi connectivity index (χ2v) is 2.76. The van der Waals surface area contributed by atoms with Crippen LogP contribution in [-0.2, 0) is 19.2 Å². The molecule has 17 heavy (non-hydrogen) atoms. The second-order valence-electron chi connectivity index (χ2n) is 2.76. The Bertz CT molecular complexity index is 273. The molecule has 0 unspecified atom stereocenters. The van der Waals surface area contributed by atoms with Gasteiger partial charge in [-0.05, 0) is 13.3 Å². The van der Waals surface area contributed by atoms with Gasteiger partial charge in [-0.1, -0.05) is 0 Å². The van der Waals surface area contributed by atoms with E-state index in [0.717, 1.165) is 0 Å². The largest absolute Gasteiger partial charge is 1.00 e. The van der Waals surface area contributed by atoms with Crippen LogP contribution in [0, 0.1) is 0 Å². The Labute approximate surface area is 120 Å². The van der Waals surface area contributed by atoms with Crippen molar-refractivity contribution in [2.75, 3.05) is 6.61 Å². The van der Waals surface area contributed by atoms with Gasteiger partial charge < -0.3 is 25.2 Å². The van der Waals surface area contributed by atoms with E-state index >= 15 is 0 Å². The number of hydrogen-bond acceptors (Lipinski definition) is 7. The van der Waals surface area contributed by atoms with Crippen LogP contribution in [0.15, 0.2) is 0 Å². The summed E-state index contributed by atoms with van der Waals surface area (Å²) in [6.45, 7) is 1.72. The minimum Gasteiger partial charge on any atom is -0.548 e. The summed E-state index contributed by atoms with van der Waals surface area (Å²) in [5.41, 5.74) is 6.81. The van der Waals surface area contributed by atoms with Crippen molar-refractivity contribution in [2.24, 2.45) is 5.73 Å².